The predicted octanol–water partition coefficient (Wildman–Crippen LogP) is 4.29. The van der Waals surface area contributed by atoms with Gasteiger partial charge < -0.3 is 14.4 Å². The summed E-state index contributed by atoms with van der Waals surface area (Å²) >= 11 is 0. The van der Waals surface area contributed by atoms with Crippen LogP contribution >= 0.6 is 0 Å². The maximum atomic E-state index is 13.0. The summed E-state index contributed by atoms with van der Waals surface area (Å²) in [4.78, 5) is 2.33. The highest BCUT2D eigenvalue weighted by molar-refractivity contribution is 5.46. The molecule has 158 valence electrons. The van der Waals surface area contributed by atoms with Gasteiger partial charge in [0.2, 0.25) is 0 Å². The van der Waals surface area contributed by atoms with Crippen LogP contribution in [0.2, 0.25) is 0 Å². The molecule has 0 unspecified atom stereocenters. The van der Waals surface area contributed by atoms with Gasteiger partial charge in [0.05, 0.1) is 20.3 Å². The van der Waals surface area contributed by atoms with Crippen LogP contribution in [0.4, 0.5) is 13.2 Å². The van der Waals surface area contributed by atoms with E-state index in [2.05, 4.69) is 29.2 Å². The maximum absolute atomic E-state index is 13.0. The van der Waals surface area contributed by atoms with E-state index in [4.69, 9.17) is 9.47 Å². The quantitative estimate of drug-likeness (QED) is 0.756. The number of rotatable bonds is 4. The van der Waals surface area contributed by atoms with Crippen LogP contribution in [0.15, 0.2) is 30.5 Å². The van der Waals surface area contributed by atoms with Crippen LogP contribution in [-0.2, 0) is 11.6 Å². The lowest BCUT2D eigenvalue weighted by Gasteiger charge is -2.44. The second-order valence-corrected chi connectivity index (χ2v) is 8.08. The van der Waals surface area contributed by atoms with Crippen molar-refractivity contribution >= 4 is 0 Å². The Labute approximate surface area is 168 Å². The summed E-state index contributed by atoms with van der Waals surface area (Å²) in [5.41, 5.74) is 0.346. The van der Waals surface area contributed by atoms with Crippen LogP contribution in [0.5, 0.6) is 11.5 Å². The van der Waals surface area contributed by atoms with Crippen LogP contribution in [0.3, 0.4) is 0 Å². The van der Waals surface area contributed by atoms with Gasteiger partial charge in [-0.3, -0.25) is 4.68 Å². The summed E-state index contributed by atoms with van der Waals surface area (Å²) in [6.45, 7) is 0.957. The number of benzene rings is 1. The minimum absolute atomic E-state index is 0.0369. The van der Waals surface area contributed by atoms with Crippen LogP contribution in [0.1, 0.15) is 43.0 Å². The average Bonchev–Trinajstić information content (AvgIpc) is 3.33. The fraction of sp³-hybridized carbons (Fsp3) is 0.571. The molecule has 1 aromatic carbocycles. The molecular weight excluding hydrogens is 383 g/mol. The zero-order valence-corrected chi connectivity index (χ0v) is 16.9. The molecule has 1 aromatic heterocycles. The van der Waals surface area contributed by atoms with E-state index in [0.717, 1.165) is 38.3 Å². The van der Waals surface area contributed by atoms with Crippen LogP contribution in [0.25, 0.3) is 0 Å². The number of methoxy groups -OCH3 is 2. The van der Waals surface area contributed by atoms with Crippen molar-refractivity contribution in [1.29, 1.82) is 0 Å². The number of ether oxygens (including phenoxy) is 2. The van der Waals surface area contributed by atoms with Crippen molar-refractivity contribution in [2.45, 2.75) is 49.4 Å². The van der Waals surface area contributed by atoms with Gasteiger partial charge in [0, 0.05) is 17.7 Å². The number of hydrogen-bond donors (Lipinski definition) is 0. The Morgan fingerprint density at radius 1 is 1.10 bits per heavy atom. The van der Waals surface area contributed by atoms with Gasteiger partial charge in [0.15, 0.2) is 17.2 Å². The highest BCUT2D eigenvalue weighted by Crippen LogP contribution is 2.52. The first kappa shape index (κ1) is 20.1. The molecule has 0 radical (unpaired) electrons. The van der Waals surface area contributed by atoms with E-state index in [1.807, 2.05) is 6.07 Å². The van der Waals surface area contributed by atoms with Gasteiger partial charge in [-0.15, -0.1) is 0 Å². The second-order valence-electron chi connectivity index (χ2n) is 8.08. The molecule has 1 aliphatic heterocycles. The minimum Gasteiger partial charge on any atom is -0.493 e. The second kappa shape index (κ2) is 7.23. The normalized spacial score (nSPS) is 27.7. The zero-order valence-electron chi connectivity index (χ0n) is 16.9. The fourth-order valence-electron chi connectivity index (χ4n) is 5.18. The third kappa shape index (κ3) is 3.37. The Morgan fingerprint density at radius 3 is 2.52 bits per heavy atom. The Morgan fingerprint density at radius 2 is 1.86 bits per heavy atom. The van der Waals surface area contributed by atoms with Crippen molar-refractivity contribution in [1.82, 2.24) is 14.7 Å². The van der Waals surface area contributed by atoms with Gasteiger partial charge >= 0.3 is 6.18 Å². The minimum atomic E-state index is -4.41. The third-order valence-corrected chi connectivity index (χ3v) is 6.73. The van der Waals surface area contributed by atoms with Crippen molar-refractivity contribution < 1.29 is 22.6 Å². The van der Waals surface area contributed by atoms with Gasteiger partial charge in [0.1, 0.15) is 0 Å². The molecular formula is C21H26F3N3O2. The number of likely N-dealkylation sites (N-methyl/N-ethyl adjacent to an activating group) is 1. The molecule has 8 heteroatoms. The number of hydrogen-bond acceptors (Lipinski definition) is 4. The summed E-state index contributed by atoms with van der Waals surface area (Å²) in [5.74, 6) is 1.40. The number of nitrogens with zero attached hydrogens (tertiary/aromatic N) is 3. The Balaban J connectivity index is 1.63. The molecule has 0 N–H and O–H groups in total. The maximum Gasteiger partial charge on any atom is 0.435 e. The smallest absolute Gasteiger partial charge is 0.435 e. The van der Waals surface area contributed by atoms with Crippen molar-refractivity contribution in [3.63, 3.8) is 0 Å². The molecule has 2 aromatic rings. The molecule has 3 atom stereocenters. The average molecular weight is 409 g/mol. The summed E-state index contributed by atoms with van der Waals surface area (Å²) in [7, 11) is 5.34. The molecule has 2 heterocycles. The molecule has 1 aliphatic carbocycles. The lowest BCUT2D eigenvalue weighted by Crippen LogP contribution is -2.46. The monoisotopic (exact) mass is 409 g/mol. The lowest BCUT2D eigenvalue weighted by molar-refractivity contribution is -0.141. The van der Waals surface area contributed by atoms with E-state index >= 15 is 0 Å². The Hall–Kier alpha value is -2.22. The largest absolute Gasteiger partial charge is 0.493 e. The van der Waals surface area contributed by atoms with Gasteiger partial charge in [0.25, 0.3) is 0 Å². The highest BCUT2D eigenvalue weighted by atomic mass is 19.4. The third-order valence-electron chi connectivity index (χ3n) is 6.73. The summed E-state index contributed by atoms with van der Waals surface area (Å²) < 4.78 is 51.3. The molecule has 2 aliphatic rings. The molecule has 2 fully saturated rings. The number of fused-ring (bicyclic) bond motifs is 1. The lowest BCUT2D eigenvalue weighted by atomic mass is 9.65. The molecule has 5 nitrogen and oxygen atoms in total. The van der Waals surface area contributed by atoms with Crippen molar-refractivity contribution in [2.75, 3.05) is 27.8 Å². The molecule has 0 bridgehead atoms. The Bertz CT molecular complexity index is 882. The van der Waals surface area contributed by atoms with Crippen molar-refractivity contribution in [3.8, 4) is 11.5 Å². The molecule has 1 saturated heterocycles. The summed E-state index contributed by atoms with van der Waals surface area (Å²) in [6.07, 6.45) is 0.521. The molecule has 4 rings (SSSR count). The first-order valence-corrected chi connectivity index (χ1v) is 9.83. The van der Waals surface area contributed by atoms with E-state index in [0.29, 0.717) is 11.5 Å². The van der Waals surface area contributed by atoms with E-state index < -0.39 is 11.9 Å². The summed E-state index contributed by atoms with van der Waals surface area (Å²) in [6, 6.07) is 7.36. The Kier molecular flexibility index (Phi) is 5.01. The van der Waals surface area contributed by atoms with Gasteiger partial charge in [-0.1, -0.05) is 6.07 Å². The topological polar surface area (TPSA) is 39.5 Å². The first-order chi connectivity index (χ1) is 13.8. The molecule has 0 amide bonds. The van der Waals surface area contributed by atoms with Gasteiger partial charge in [-0.05, 0) is 63.0 Å². The molecule has 0 spiro atoms. The van der Waals surface area contributed by atoms with Crippen LogP contribution in [-0.4, -0.2) is 48.5 Å². The number of alkyl halides is 3. The molecule has 1 saturated carbocycles. The van der Waals surface area contributed by atoms with Crippen molar-refractivity contribution in [2.24, 2.45) is 0 Å². The van der Waals surface area contributed by atoms with E-state index in [-0.39, 0.29) is 17.5 Å². The summed E-state index contributed by atoms with van der Waals surface area (Å²) in [5, 5.41) is 3.83. The highest BCUT2D eigenvalue weighted by Gasteiger charge is 2.51. The number of halogens is 3. The van der Waals surface area contributed by atoms with Crippen LogP contribution in [0, 0.1) is 0 Å². The van der Waals surface area contributed by atoms with Crippen LogP contribution < -0.4 is 9.47 Å². The zero-order chi connectivity index (χ0) is 20.8. The number of likely N-dealkylation sites (tertiary alicyclic amines) is 1. The van der Waals surface area contributed by atoms with E-state index in [9.17, 15) is 13.2 Å². The van der Waals surface area contributed by atoms with Crippen molar-refractivity contribution in [3.05, 3.63) is 41.7 Å². The van der Waals surface area contributed by atoms with Gasteiger partial charge in [-0.2, -0.15) is 18.3 Å². The SMILES string of the molecule is COc1ccc([C@@]23CC[C@@H](n4ccc(C(F)(F)F)n4)C[C@@H]2N(C)CC3)cc1OC. The van der Waals surface area contributed by atoms with E-state index in [1.165, 1.54) is 16.4 Å². The first-order valence-electron chi connectivity index (χ1n) is 9.83. The predicted molar refractivity (Wildman–Crippen MR) is 102 cm³/mol. The fourth-order valence-corrected chi connectivity index (χ4v) is 5.18. The standard InChI is InChI=1S/C21H26F3N3O2/c1-26-11-9-20(14-4-5-16(28-2)17(12-14)29-3)8-6-15(13-19(20)26)27-10-7-18(25-27)21(22,23)24/h4-5,7,10,12,15,19H,6,8-9,11,13H2,1-3H3/t15-,19+,20+/m1/s1. The number of aromatic nitrogens is 2. The van der Waals surface area contributed by atoms with E-state index in [1.54, 1.807) is 14.2 Å². The van der Waals surface area contributed by atoms with Gasteiger partial charge in [-0.25, -0.2) is 0 Å². The molecule has 29 heavy (non-hydrogen) atoms.